The highest BCUT2D eigenvalue weighted by Gasteiger charge is 2.45. The van der Waals surface area contributed by atoms with Gasteiger partial charge in [0.15, 0.2) is 5.41 Å². The van der Waals surface area contributed by atoms with Gasteiger partial charge in [-0.15, -0.1) is 0 Å². The molecule has 0 saturated carbocycles. The molecule has 0 saturated heterocycles. The topological polar surface area (TPSA) is 74.6 Å². The fourth-order valence-electron chi connectivity index (χ4n) is 4.70. The van der Waals surface area contributed by atoms with E-state index in [2.05, 4.69) is 54.3 Å². The minimum absolute atomic E-state index is 0.00481. The largest absolute Gasteiger partial charge is 0.480 e. The molecule has 0 aliphatic rings. The Morgan fingerprint density at radius 2 is 0.805 bits per heavy atom. The number of carboxylic acid groups (broad SMARTS) is 2. The number of hydrogen-bond acceptors (Lipinski definition) is 2. The van der Waals surface area contributed by atoms with E-state index < -0.39 is 17.4 Å². The smallest absolute Gasteiger partial charge is 0.321 e. The summed E-state index contributed by atoms with van der Waals surface area (Å²) in [6, 6.07) is 0. The number of hydrogen-bond donors (Lipinski definition) is 2. The summed E-state index contributed by atoms with van der Waals surface area (Å²) in [7, 11) is 0. The maximum absolute atomic E-state index is 11.8. The maximum atomic E-state index is 11.8. The van der Waals surface area contributed by atoms with Gasteiger partial charge in [-0.2, -0.15) is 0 Å². The van der Waals surface area contributed by atoms with Crippen LogP contribution in [0.1, 0.15) is 168 Å². The summed E-state index contributed by atoms with van der Waals surface area (Å²) in [5, 5.41) is 19.3. The Labute approximate surface area is 252 Å². The van der Waals surface area contributed by atoms with Crippen LogP contribution in [-0.2, 0) is 9.59 Å². The third-order valence-electron chi connectivity index (χ3n) is 7.41. The molecule has 0 aliphatic carbocycles. The summed E-state index contributed by atoms with van der Waals surface area (Å²) in [6.45, 7) is 4.29. The first-order valence-corrected chi connectivity index (χ1v) is 16.4. The molecular formula is C37H56O4. The lowest BCUT2D eigenvalue weighted by atomic mass is 9.78. The molecule has 41 heavy (non-hydrogen) atoms. The Morgan fingerprint density at radius 1 is 0.439 bits per heavy atom. The molecule has 0 bridgehead atoms. The highest BCUT2D eigenvalue weighted by Crippen LogP contribution is 2.32. The van der Waals surface area contributed by atoms with Crippen LogP contribution >= 0.6 is 0 Å². The number of carboxylic acids is 2. The molecule has 0 unspecified atom stereocenters. The van der Waals surface area contributed by atoms with Crippen molar-refractivity contribution in [1.29, 1.82) is 0 Å². The molecule has 2 N–H and O–H groups in total. The Hall–Kier alpha value is -2.82. The molecule has 0 heterocycles. The van der Waals surface area contributed by atoms with E-state index in [0.29, 0.717) is 6.42 Å². The highest BCUT2D eigenvalue weighted by atomic mass is 16.4. The molecule has 4 heteroatoms. The molecule has 0 atom stereocenters. The Kier molecular flexibility index (Phi) is 26.7. The van der Waals surface area contributed by atoms with Gasteiger partial charge in [0.2, 0.25) is 0 Å². The third-order valence-corrected chi connectivity index (χ3v) is 7.41. The van der Waals surface area contributed by atoms with Crippen LogP contribution in [0.2, 0.25) is 0 Å². The molecule has 0 aromatic carbocycles. The summed E-state index contributed by atoms with van der Waals surface area (Å²) >= 11 is 0. The van der Waals surface area contributed by atoms with Crippen molar-refractivity contribution in [2.24, 2.45) is 5.41 Å². The van der Waals surface area contributed by atoms with E-state index in [9.17, 15) is 19.8 Å². The number of rotatable bonds is 24. The van der Waals surface area contributed by atoms with Crippen LogP contribution in [-0.4, -0.2) is 22.2 Å². The molecule has 0 aliphatic heterocycles. The van der Waals surface area contributed by atoms with Crippen LogP contribution in [0.4, 0.5) is 0 Å². The first kappa shape index (κ1) is 38.2. The zero-order valence-electron chi connectivity index (χ0n) is 26.2. The summed E-state index contributed by atoms with van der Waals surface area (Å²) in [5.74, 6) is 20.9. The van der Waals surface area contributed by atoms with Crippen molar-refractivity contribution >= 4 is 11.9 Å². The lowest BCUT2D eigenvalue weighted by Crippen LogP contribution is -2.39. The van der Waals surface area contributed by atoms with Gasteiger partial charge >= 0.3 is 11.9 Å². The van der Waals surface area contributed by atoms with Crippen LogP contribution in [0.3, 0.4) is 0 Å². The normalized spacial score (nSPS) is 10.2. The SMILES string of the molecule is CCCC#CC#CCCC(CCCCCCCCCC#CC#CCCCCCCCCCCCC)(C(=O)O)C(=O)O. The second-order valence-electron chi connectivity index (χ2n) is 11.1. The first-order valence-electron chi connectivity index (χ1n) is 16.4. The predicted octanol–water partition coefficient (Wildman–Crippen LogP) is 9.56. The van der Waals surface area contributed by atoms with Crippen LogP contribution in [0.25, 0.3) is 0 Å². The third kappa shape index (κ3) is 22.5. The van der Waals surface area contributed by atoms with E-state index in [-0.39, 0.29) is 19.3 Å². The molecule has 0 radical (unpaired) electrons. The maximum Gasteiger partial charge on any atom is 0.321 e. The number of carbonyl (C=O) groups is 2. The van der Waals surface area contributed by atoms with Crippen LogP contribution in [0.5, 0.6) is 0 Å². The lowest BCUT2D eigenvalue weighted by Gasteiger charge is -2.24. The summed E-state index contributed by atoms with van der Waals surface area (Å²) < 4.78 is 0. The molecule has 0 amide bonds. The minimum Gasteiger partial charge on any atom is -0.480 e. The van der Waals surface area contributed by atoms with Crippen molar-refractivity contribution in [2.75, 3.05) is 0 Å². The van der Waals surface area contributed by atoms with Crippen LogP contribution in [0.15, 0.2) is 0 Å². The van der Waals surface area contributed by atoms with Gasteiger partial charge in [0.1, 0.15) is 0 Å². The van der Waals surface area contributed by atoms with Crippen molar-refractivity contribution in [3.05, 3.63) is 0 Å². The Bertz CT molecular complexity index is 918. The molecule has 0 fully saturated rings. The molecule has 4 nitrogen and oxygen atoms in total. The van der Waals surface area contributed by atoms with Crippen molar-refractivity contribution in [3.8, 4) is 47.4 Å². The van der Waals surface area contributed by atoms with E-state index in [1.54, 1.807) is 0 Å². The zero-order valence-corrected chi connectivity index (χ0v) is 26.2. The second kappa shape index (κ2) is 28.7. The first-order chi connectivity index (χ1) is 20.0. The van der Waals surface area contributed by atoms with Gasteiger partial charge < -0.3 is 10.2 Å². The predicted molar refractivity (Wildman–Crippen MR) is 171 cm³/mol. The van der Waals surface area contributed by atoms with Gasteiger partial charge in [-0.3, -0.25) is 9.59 Å². The Balaban J connectivity index is 3.89. The van der Waals surface area contributed by atoms with Crippen LogP contribution in [0, 0.1) is 52.8 Å². The highest BCUT2D eigenvalue weighted by molar-refractivity contribution is 5.98. The van der Waals surface area contributed by atoms with Gasteiger partial charge in [-0.25, -0.2) is 0 Å². The molecule has 0 aromatic heterocycles. The molecule has 228 valence electrons. The van der Waals surface area contributed by atoms with E-state index in [0.717, 1.165) is 64.2 Å². The monoisotopic (exact) mass is 564 g/mol. The molecule has 0 aromatic rings. The van der Waals surface area contributed by atoms with Crippen LogP contribution < -0.4 is 0 Å². The second-order valence-corrected chi connectivity index (χ2v) is 11.1. The zero-order chi connectivity index (χ0) is 30.3. The van der Waals surface area contributed by atoms with Gasteiger partial charge in [-0.1, -0.05) is 134 Å². The van der Waals surface area contributed by atoms with Gasteiger partial charge in [0.05, 0.1) is 0 Å². The molecule has 0 spiro atoms. The summed E-state index contributed by atoms with van der Waals surface area (Å²) in [6.07, 6.45) is 24.1. The lowest BCUT2D eigenvalue weighted by molar-refractivity contribution is -0.165. The van der Waals surface area contributed by atoms with E-state index in [4.69, 9.17) is 0 Å². The van der Waals surface area contributed by atoms with Crippen molar-refractivity contribution < 1.29 is 19.8 Å². The fraction of sp³-hybridized carbons (Fsp3) is 0.730. The average Bonchev–Trinajstić information content (AvgIpc) is 2.95. The number of unbranched alkanes of at least 4 members (excludes halogenated alkanes) is 18. The quantitative estimate of drug-likeness (QED) is 0.0695. The van der Waals surface area contributed by atoms with Crippen molar-refractivity contribution in [3.63, 3.8) is 0 Å². The van der Waals surface area contributed by atoms with Crippen molar-refractivity contribution in [1.82, 2.24) is 0 Å². The van der Waals surface area contributed by atoms with E-state index >= 15 is 0 Å². The van der Waals surface area contributed by atoms with E-state index in [1.807, 2.05) is 6.92 Å². The Morgan fingerprint density at radius 3 is 1.22 bits per heavy atom. The summed E-state index contributed by atoms with van der Waals surface area (Å²) in [4.78, 5) is 23.7. The summed E-state index contributed by atoms with van der Waals surface area (Å²) in [5.41, 5.74) is -1.76. The van der Waals surface area contributed by atoms with Gasteiger partial charge in [-0.05, 0) is 55.8 Å². The average molecular weight is 565 g/mol. The molecular weight excluding hydrogens is 508 g/mol. The van der Waals surface area contributed by atoms with E-state index in [1.165, 1.54) is 64.2 Å². The standard InChI is InChI=1S/C37H56O4/c1-3-5-7-9-11-12-13-14-15-16-17-18-19-20-21-22-23-24-25-26-28-30-32-34-37(35(38)39,36(40)41)33-31-29-27-10-8-6-4-2/h3-7,9,11-17,22-26,28,30-34H2,1-2H3,(H,38,39)(H,40,41). The van der Waals surface area contributed by atoms with Gasteiger partial charge in [0.25, 0.3) is 0 Å². The fourth-order valence-corrected chi connectivity index (χ4v) is 4.70. The minimum atomic E-state index is -1.76. The number of aliphatic carboxylic acids is 2. The van der Waals surface area contributed by atoms with Crippen molar-refractivity contribution in [2.45, 2.75) is 168 Å². The van der Waals surface area contributed by atoms with Gasteiger partial charge in [0, 0.05) is 25.7 Å². The molecule has 0 rings (SSSR count).